The van der Waals surface area contributed by atoms with Crippen molar-refractivity contribution in [3.63, 3.8) is 0 Å². The lowest BCUT2D eigenvalue weighted by atomic mass is 9.92. The SMILES string of the molecule is COC1CCC(N(C)CCCN)CC1. The van der Waals surface area contributed by atoms with Gasteiger partial charge in [-0.1, -0.05) is 0 Å². The number of nitrogens with two attached hydrogens (primary N) is 1. The molecule has 0 saturated heterocycles. The van der Waals surface area contributed by atoms with E-state index < -0.39 is 0 Å². The number of nitrogens with zero attached hydrogens (tertiary/aromatic N) is 1. The molecule has 1 aliphatic carbocycles. The number of hydrogen-bond donors (Lipinski definition) is 1. The lowest BCUT2D eigenvalue weighted by Gasteiger charge is -2.34. The zero-order chi connectivity index (χ0) is 10.4. The highest BCUT2D eigenvalue weighted by molar-refractivity contribution is 4.78. The molecule has 0 aromatic rings. The van der Waals surface area contributed by atoms with Crippen molar-refractivity contribution in [1.82, 2.24) is 4.90 Å². The predicted octanol–water partition coefficient (Wildman–Crippen LogP) is 1.22. The Bertz CT molecular complexity index is 144. The molecule has 0 atom stereocenters. The second-order valence-electron chi connectivity index (χ2n) is 4.29. The van der Waals surface area contributed by atoms with E-state index in [0.717, 1.165) is 25.6 Å². The summed E-state index contributed by atoms with van der Waals surface area (Å²) < 4.78 is 5.36. The number of hydrogen-bond acceptors (Lipinski definition) is 3. The van der Waals surface area contributed by atoms with Crippen LogP contribution in [0, 0.1) is 0 Å². The maximum Gasteiger partial charge on any atom is 0.0572 e. The first kappa shape index (κ1) is 12.0. The van der Waals surface area contributed by atoms with Crippen molar-refractivity contribution in [2.75, 3.05) is 27.2 Å². The predicted molar refractivity (Wildman–Crippen MR) is 59.4 cm³/mol. The first-order valence-electron chi connectivity index (χ1n) is 5.71. The van der Waals surface area contributed by atoms with Crippen LogP contribution in [0.3, 0.4) is 0 Å². The molecule has 3 heteroatoms. The maximum absolute atomic E-state index is 5.50. The van der Waals surface area contributed by atoms with Crippen LogP contribution >= 0.6 is 0 Å². The van der Waals surface area contributed by atoms with E-state index in [9.17, 15) is 0 Å². The third kappa shape index (κ3) is 3.56. The van der Waals surface area contributed by atoms with Gasteiger partial charge >= 0.3 is 0 Å². The Morgan fingerprint density at radius 3 is 2.43 bits per heavy atom. The fourth-order valence-electron chi connectivity index (χ4n) is 2.24. The molecule has 84 valence electrons. The summed E-state index contributed by atoms with van der Waals surface area (Å²) in [6, 6.07) is 0.757. The number of rotatable bonds is 5. The largest absolute Gasteiger partial charge is 0.381 e. The molecule has 0 aromatic heterocycles. The van der Waals surface area contributed by atoms with E-state index in [1.54, 1.807) is 0 Å². The molecule has 0 aromatic carbocycles. The molecule has 1 saturated carbocycles. The molecule has 1 rings (SSSR count). The minimum absolute atomic E-state index is 0.508. The second-order valence-corrected chi connectivity index (χ2v) is 4.29. The van der Waals surface area contributed by atoms with Crippen molar-refractivity contribution in [3.05, 3.63) is 0 Å². The van der Waals surface area contributed by atoms with Crippen LogP contribution in [0.4, 0.5) is 0 Å². The van der Waals surface area contributed by atoms with Gasteiger partial charge in [-0.2, -0.15) is 0 Å². The van der Waals surface area contributed by atoms with E-state index in [0.29, 0.717) is 6.10 Å². The quantitative estimate of drug-likeness (QED) is 0.725. The Morgan fingerprint density at radius 1 is 1.29 bits per heavy atom. The first-order valence-corrected chi connectivity index (χ1v) is 5.71. The topological polar surface area (TPSA) is 38.5 Å². The lowest BCUT2D eigenvalue weighted by Crippen LogP contribution is -2.37. The second kappa shape index (κ2) is 6.38. The third-order valence-corrected chi connectivity index (χ3v) is 3.32. The normalized spacial score (nSPS) is 28.3. The monoisotopic (exact) mass is 200 g/mol. The van der Waals surface area contributed by atoms with Crippen LogP contribution in [0.2, 0.25) is 0 Å². The van der Waals surface area contributed by atoms with E-state index in [-0.39, 0.29) is 0 Å². The summed E-state index contributed by atoms with van der Waals surface area (Å²) >= 11 is 0. The molecule has 0 amide bonds. The summed E-state index contributed by atoms with van der Waals surface area (Å²) in [5.74, 6) is 0. The molecule has 0 heterocycles. The summed E-state index contributed by atoms with van der Waals surface area (Å²) in [5, 5.41) is 0. The van der Waals surface area contributed by atoms with E-state index in [4.69, 9.17) is 10.5 Å². The van der Waals surface area contributed by atoms with Crippen LogP contribution in [-0.2, 0) is 4.74 Å². The molecule has 14 heavy (non-hydrogen) atoms. The summed E-state index contributed by atoms with van der Waals surface area (Å²) in [5.41, 5.74) is 5.50. The molecular formula is C11H24N2O. The Hall–Kier alpha value is -0.120. The molecular weight excluding hydrogens is 176 g/mol. The van der Waals surface area contributed by atoms with Gasteiger partial charge in [0.1, 0.15) is 0 Å². The van der Waals surface area contributed by atoms with Crippen molar-refractivity contribution < 1.29 is 4.74 Å². The van der Waals surface area contributed by atoms with Crippen LogP contribution in [0.5, 0.6) is 0 Å². The molecule has 1 fully saturated rings. The van der Waals surface area contributed by atoms with E-state index >= 15 is 0 Å². The third-order valence-electron chi connectivity index (χ3n) is 3.32. The van der Waals surface area contributed by atoms with Crippen molar-refractivity contribution in [2.45, 2.75) is 44.2 Å². The maximum atomic E-state index is 5.50. The zero-order valence-corrected chi connectivity index (χ0v) is 9.54. The van der Waals surface area contributed by atoms with E-state index in [1.807, 2.05) is 7.11 Å². The Labute approximate surface area is 87.6 Å². The minimum Gasteiger partial charge on any atom is -0.381 e. The molecule has 0 radical (unpaired) electrons. The highest BCUT2D eigenvalue weighted by Crippen LogP contribution is 2.23. The molecule has 0 unspecified atom stereocenters. The van der Waals surface area contributed by atoms with Crippen LogP contribution in [0.1, 0.15) is 32.1 Å². The lowest BCUT2D eigenvalue weighted by molar-refractivity contribution is 0.0441. The fourth-order valence-corrected chi connectivity index (χ4v) is 2.24. The summed E-state index contributed by atoms with van der Waals surface area (Å²) in [7, 11) is 4.04. The molecule has 1 aliphatic rings. The van der Waals surface area contributed by atoms with Gasteiger partial charge in [0.05, 0.1) is 6.10 Å². The van der Waals surface area contributed by atoms with Gasteiger partial charge in [0, 0.05) is 13.2 Å². The molecule has 0 aliphatic heterocycles. The van der Waals surface area contributed by atoms with Gasteiger partial charge in [-0.05, 0) is 52.2 Å². The zero-order valence-electron chi connectivity index (χ0n) is 9.54. The van der Waals surface area contributed by atoms with E-state index in [1.165, 1.54) is 25.7 Å². The number of ether oxygens (including phenoxy) is 1. The van der Waals surface area contributed by atoms with Gasteiger partial charge in [0.15, 0.2) is 0 Å². The average Bonchev–Trinajstić information content (AvgIpc) is 2.26. The minimum atomic E-state index is 0.508. The Morgan fingerprint density at radius 2 is 1.93 bits per heavy atom. The Kier molecular flexibility index (Phi) is 5.45. The standard InChI is InChI=1S/C11H24N2O/c1-13(9-3-8-12)10-4-6-11(14-2)7-5-10/h10-11H,3-9,12H2,1-2H3. The van der Waals surface area contributed by atoms with Gasteiger partial charge < -0.3 is 15.4 Å². The molecule has 3 nitrogen and oxygen atoms in total. The summed E-state index contributed by atoms with van der Waals surface area (Å²) in [6.07, 6.45) is 6.61. The van der Waals surface area contributed by atoms with Gasteiger partial charge in [-0.3, -0.25) is 0 Å². The van der Waals surface area contributed by atoms with Gasteiger partial charge in [-0.15, -0.1) is 0 Å². The van der Waals surface area contributed by atoms with Gasteiger partial charge in [0.2, 0.25) is 0 Å². The van der Waals surface area contributed by atoms with Crippen molar-refractivity contribution in [3.8, 4) is 0 Å². The van der Waals surface area contributed by atoms with Gasteiger partial charge in [-0.25, -0.2) is 0 Å². The number of methoxy groups -OCH3 is 1. The Balaban J connectivity index is 2.19. The van der Waals surface area contributed by atoms with Crippen molar-refractivity contribution in [1.29, 1.82) is 0 Å². The van der Waals surface area contributed by atoms with Gasteiger partial charge in [0.25, 0.3) is 0 Å². The first-order chi connectivity index (χ1) is 6.77. The fraction of sp³-hybridized carbons (Fsp3) is 1.00. The van der Waals surface area contributed by atoms with E-state index in [2.05, 4.69) is 11.9 Å². The highest BCUT2D eigenvalue weighted by Gasteiger charge is 2.23. The van der Waals surface area contributed by atoms with Crippen molar-refractivity contribution >= 4 is 0 Å². The molecule has 2 N–H and O–H groups in total. The van der Waals surface area contributed by atoms with Crippen LogP contribution in [0.25, 0.3) is 0 Å². The van der Waals surface area contributed by atoms with Crippen LogP contribution in [-0.4, -0.2) is 44.3 Å². The smallest absolute Gasteiger partial charge is 0.0572 e. The summed E-state index contributed by atoms with van der Waals surface area (Å²) in [4.78, 5) is 2.46. The highest BCUT2D eigenvalue weighted by atomic mass is 16.5. The average molecular weight is 200 g/mol. The van der Waals surface area contributed by atoms with Crippen LogP contribution in [0.15, 0.2) is 0 Å². The molecule has 0 spiro atoms. The van der Waals surface area contributed by atoms with Crippen LogP contribution < -0.4 is 5.73 Å². The summed E-state index contributed by atoms with van der Waals surface area (Å²) in [6.45, 7) is 1.94. The molecule has 0 bridgehead atoms. The van der Waals surface area contributed by atoms with Crippen molar-refractivity contribution in [2.24, 2.45) is 5.73 Å².